The van der Waals surface area contributed by atoms with E-state index in [4.69, 9.17) is 0 Å². The van der Waals surface area contributed by atoms with Crippen molar-refractivity contribution in [2.45, 2.75) is 57.7 Å². The van der Waals surface area contributed by atoms with E-state index in [9.17, 15) is 18.8 Å². The van der Waals surface area contributed by atoms with Crippen molar-refractivity contribution >= 4 is 17.7 Å². The highest BCUT2D eigenvalue weighted by molar-refractivity contribution is 6.05. The smallest absolute Gasteiger partial charge is 0.255 e. The van der Waals surface area contributed by atoms with Crippen LogP contribution in [0, 0.1) is 12.7 Å². The lowest BCUT2D eigenvalue weighted by atomic mass is 9.85. The summed E-state index contributed by atoms with van der Waals surface area (Å²) in [5.41, 5.74) is 4.38. The number of pyridine rings is 1. The normalized spacial score (nSPS) is 21.9. The fraction of sp³-hybridized carbons (Fsp3) is 0.440. The van der Waals surface area contributed by atoms with Gasteiger partial charge in [-0.3, -0.25) is 29.6 Å². The van der Waals surface area contributed by atoms with Gasteiger partial charge in [0.15, 0.2) is 0 Å². The minimum atomic E-state index is -0.691. The van der Waals surface area contributed by atoms with Gasteiger partial charge in [-0.05, 0) is 79.6 Å². The Morgan fingerprint density at radius 2 is 1.88 bits per heavy atom. The Labute approximate surface area is 192 Å². The lowest BCUT2D eigenvalue weighted by molar-refractivity contribution is -0.136. The van der Waals surface area contributed by atoms with Crippen molar-refractivity contribution in [3.8, 4) is 0 Å². The van der Waals surface area contributed by atoms with Gasteiger partial charge in [0.05, 0.1) is 0 Å². The molecule has 1 unspecified atom stereocenters. The van der Waals surface area contributed by atoms with Gasteiger partial charge in [0.2, 0.25) is 11.8 Å². The number of likely N-dealkylation sites (tertiary alicyclic amines) is 1. The number of halogens is 1. The number of rotatable bonds is 4. The number of hydrogen-bond donors (Lipinski definition) is 1. The topological polar surface area (TPSA) is 82.6 Å². The number of nitrogens with zero attached hydrogens (tertiary/aromatic N) is 3. The Morgan fingerprint density at radius 1 is 1.09 bits per heavy atom. The number of fused-ring (bicyclic) bond motifs is 1. The van der Waals surface area contributed by atoms with Crippen LogP contribution in [0.15, 0.2) is 30.6 Å². The van der Waals surface area contributed by atoms with Crippen molar-refractivity contribution in [3.63, 3.8) is 0 Å². The summed E-state index contributed by atoms with van der Waals surface area (Å²) in [6.45, 7) is 4.92. The molecule has 33 heavy (non-hydrogen) atoms. The van der Waals surface area contributed by atoms with Crippen LogP contribution in [0.2, 0.25) is 0 Å². The van der Waals surface area contributed by atoms with E-state index in [0.29, 0.717) is 12.0 Å². The first-order valence-corrected chi connectivity index (χ1v) is 11.5. The average Bonchev–Trinajstić information content (AvgIpc) is 3.10. The Balaban J connectivity index is 1.31. The molecule has 2 fully saturated rings. The van der Waals surface area contributed by atoms with E-state index < -0.39 is 17.8 Å². The fourth-order valence-corrected chi connectivity index (χ4v) is 5.38. The maximum absolute atomic E-state index is 14.5. The van der Waals surface area contributed by atoms with Gasteiger partial charge < -0.3 is 4.90 Å². The first-order chi connectivity index (χ1) is 15.9. The zero-order valence-electron chi connectivity index (χ0n) is 18.6. The molecule has 8 heteroatoms. The van der Waals surface area contributed by atoms with Gasteiger partial charge in [-0.2, -0.15) is 0 Å². The van der Waals surface area contributed by atoms with Gasteiger partial charge in [-0.25, -0.2) is 4.39 Å². The standard InChI is InChI=1S/C25H27FN4O3/c1-15-8-16(12-27-11-15)13-29-6-4-17(5-7-29)19-9-18(26)10-20-21(19)14-30(25(20)33)22-2-3-23(31)28-24(22)32/h8-12,17,22H,2-7,13-14H2,1H3,(H,28,31,32). The molecule has 4 heterocycles. The number of imide groups is 1. The Bertz CT molecular complexity index is 1130. The van der Waals surface area contributed by atoms with E-state index in [-0.39, 0.29) is 30.7 Å². The molecule has 3 amide bonds. The van der Waals surface area contributed by atoms with Crippen molar-refractivity contribution in [1.29, 1.82) is 0 Å². The highest BCUT2D eigenvalue weighted by Crippen LogP contribution is 2.38. The number of amides is 3. The number of piperidine rings is 2. The molecule has 0 spiro atoms. The Hall–Kier alpha value is -3.13. The van der Waals surface area contributed by atoms with Crippen LogP contribution < -0.4 is 5.32 Å². The number of carbonyl (C=O) groups excluding carboxylic acids is 3. The van der Waals surface area contributed by atoms with Gasteiger partial charge in [-0.15, -0.1) is 0 Å². The van der Waals surface area contributed by atoms with Gasteiger partial charge in [0.25, 0.3) is 5.91 Å². The first-order valence-electron chi connectivity index (χ1n) is 11.5. The van der Waals surface area contributed by atoms with Crippen LogP contribution in [0.25, 0.3) is 0 Å². The Morgan fingerprint density at radius 3 is 2.61 bits per heavy atom. The molecule has 3 aliphatic rings. The second-order valence-electron chi connectivity index (χ2n) is 9.34. The average molecular weight is 451 g/mol. The van der Waals surface area contributed by atoms with E-state index in [1.165, 1.54) is 16.5 Å². The summed E-state index contributed by atoms with van der Waals surface area (Å²) in [6, 6.07) is 4.30. The minimum Gasteiger partial charge on any atom is -0.322 e. The molecule has 0 aliphatic carbocycles. The quantitative estimate of drug-likeness (QED) is 0.725. The number of aryl methyl sites for hydroxylation is 1. The molecule has 1 aromatic heterocycles. The summed E-state index contributed by atoms with van der Waals surface area (Å²) in [7, 11) is 0. The summed E-state index contributed by atoms with van der Waals surface area (Å²) in [5, 5.41) is 2.32. The predicted molar refractivity (Wildman–Crippen MR) is 119 cm³/mol. The molecule has 1 aromatic carbocycles. The highest BCUT2D eigenvalue weighted by Gasteiger charge is 2.41. The molecule has 172 valence electrons. The summed E-state index contributed by atoms with van der Waals surface area (Å²) in [4.78, 5) is 45.1. The number of hydrogen-bond acceptors (Lipinski definition) is 5. The summed E-state index contributed by atoms with van der Waals surface area (Å²) < 4.78 is 14.5. The van der Waals surface area contributed by atoms with Crippen LogP contribution in [0.4, 0.5) is 4.39 Å². The van der Waals surface area contributed by atoms with E-state index in [2.05, 4.69) is 21.3 Å². The van der Waals surface area contributed by atoms with Crippen molar-refractivity contribution in [2.24, 2.45) is 0 Å². The zero-order chi connectivity index (χ0) is 23.1. The molecule has 5 rings (SSSR count). The summed E-state index contributed by atoms with van der Waals surface area (Å²) in [6.07, 6.45) is 6.00. The highest BCUT2D eigenvalue weighted by atomic mass is 19.1. The number of carbonyl (C=O) groups is 3. The Kier molecular flexibility index (Phi) is 5.70. The van der Waals surface area contributed by atoms with Crippen molar-refractivity contribution in [1.82, 2.24) is 20.1 Å². The van der Waals surface area contributed by atoms with E-state index in [0.717, 1.165) is 49.2 Å². The fourth-order valence-electron chi connectivity index (χ4n) is 5.38. The van der Waals surface area contributed by atoms with Gasteiger partial charge in [0, 0.05) is 37.5 Å². The van der Waals surface area contributed by atoms with Crippen LogP contribution >= 0.6 is 0 Å². The van der Waals surface area contributed by atoms with Crippen LogP contribution in [0.5, 0.6) is 0 Å². The largest absolute Gasteiger partial charge is 0.322 e. The number of benzene rings is 1. The molecule has 0 radical (unpaired) electrons. The zero-order valence-corrected chi connectivity index (χ0v) is 18.6. The third-order valence-electron chi connectivity index (χ3n) is 7.02. The number of aromatic nitrogens is 1. The van der Waals surface area contributed by atoms with Crippen molar-refractivity contribution in [3.05, 3.63) is 64.2 Å². The maximum Gasteiger partial charge on any atom is 0.255 e. The van der Waals surface area contributed by atoms with E-state index in [1.807, 2.05) is 19.3 Å². The van der Waals surface area contributed by atoms with Gasteiger partial charge in [0.1, 0.15) is 11.9 Å². The lowest BCUT2D eigenvalue weighted by Gasteiger charge is -2.33. The second-order valence-corrected chi connectivity index (χ2v) is 9.34. The van der Waals surface area contributed by atoms with E-state index in [1.54, 1.807) is 6.07 Å². The van der Waals surface area contributed by atoms with Gasteiger partial charge in [-0.1, -0.05) is 6.07 Å². The number of nitrogens with one attached hydrogen (secondary N) is 1. The molecule has 2 aromatic rings. The maximum atomic E-state index is 14.5. The molecular weight excluding hydrogens is 423 g/mol. The van der Waals surface area contributed by atoms with Crippen molar-refractivity contribution in [2.75, 3.05) is 13.1 Å². The van der Waals surface area contributed by atoms with Crippen LogP contribution in [0.3, 0.4) is 0 Å². The lowest BCUT2D eigenvalue weighted by Crippen LogP contribution is -2.52. The monoisotopic (exact) mass is 450 g/mol. The molecule has 2 saturated heterocycles. The second kappa shape index (κ2) is 8.67. The third-order valence-corrected chi connectivity index (χ3v) is 7.02. The summed E-state index contributed by atoms with van der Waals surface area (Å²) in [5.74, 6) is -1.36. The van der Waals surface area contributed by atoms with E-state index >= 15 is 0 Å². The molecule has 0 saturated carbocycles. The molecule has 7 nitrogen and oxygen atoms in total. The van der Waals surface area contributed by atoms with Crippen LogP contribution in [0.1, 0.15) is 64.2 Å². The van der Waals surface area contributed by atoms with Gasteiger partial charge >= 0.3 is 0 Å². The first kappa shape index (κ1) is 21.7. The van der Waals surface area contributed by atoms with Crippen LogP contribution in [-0.2, 0) is 22.7 Å². The third kappa shape index (κ3) is 4.27. The molecule has 3 aliphatic heterocycles. The molecule has 1 atom stereocenters. The van der Waals surface area contributed by atoms with Crippen molar-refractivity contribution < 1.29 is 18.8 Å². The minimum absolute atomic E-state index is 0.163. The SMILES string of the molecule is Cc1cncc(CN2CCC(c3cc(F)cc4c3CN(C3CCC(=O)NC3=O)C4=O)CC2)c1. The van der Waals surface area contributed by atoms with Crippen LogP contribution in [-0.4, -0.2) is 51.6 Å². The molecular formula is C25H27FN4O3. The molecule has 0 bridgehead atoms. The molecule has 1 N–H and O–H groups in total. The predicted octanol–water partition coefficient (Wildman–Crippen LogP) is 2.67. The summed E-state index contributed by atoms with van der Waals surface area (Å²) >= 11 is 0.